The lowest BCUT2D eigenvalue weighted by atomic mass is 10.1. The van der Waals surface area contributed by atoms with Gasteiger partial charge in [0.05, 0.1) is 0 Å². The average Bonchev–Trinajstić information content (AvgIpc) is 3.22. The van der Waals surface area contributed by atoms with E-state index in [1.54, 1.807) is 19.2 Å². The molecular weight excluding hydrogens is 346 g/mol. The Morgan fingerprint density at radius 1 is 1.15 bits per heavy atom. The molecule has 27 heavy (non-hydrogen) atoms. The number of esters is 1. The van der Waals surface area contributed by atoms with Crippen LogP contribution in [0.3, 0.4) is 0 Å². The summed E-state index contributed by atoms with van der Waals surface area (Å²) < 4.78 is 17.8. The highest BCUT2D eigenvalue weighted by Crippen LogP contribution is 2.20. The monoisotopic (exact) mass is 369 g/mol. The number of fused-ring (bicyclic) bond motifs is 1. The maximum atomic E-state index is 12.5. The van der Waals surface area contributed by atoms with E-state index in [1.165, 1.54) is 0 Å². The van der Waals surface area contributed by atoms with Crippen LogP contribution in [0.2, 0.25) is 0 Å². The van der Waals surface area contributed by atoms with Crippen molar-refractivity contribution in [2.24, 2.45) is 0 Å². The third-order valence-electron chi connectivity index (χ3n) is 4.57. The van der Waals surface area contributed by atoms with Crippen molar-refractivity contribution in [3.8, 4) is 0 Å². The number of rotatable bonds is 8. The van der Waals surface area contributed by atoms with Crippen LogP contribution in [0, 0.1) is 13.8 Å². The fraction of sp³-hybridized carbons (Fsp3) is 0.333. The van der Waals surface area contributed by atoms with Crippen molar-refractivity contribution >= 4 is 22.7 Å². The molecule has 0 unspecified atom stereocenters. The Hall–Kier alpha value is -2.86. The van der Waals surface area contributed by atoms with Gasteiger partial charge in [-0.2, -0.15) is 0 Å². The lowest BCUT2D eigenvalue weighted by molar-refractivity contribution is 0.0446. The van der Waals surface area contributed by atoms with Gasteiger partial charge in [0.2, 0.25) is 11.5 Å². The largest absolute Gasteiger partial charge is 0.451 e. The highest BCUT2D eigenvalue weighted by atomic mass is 16.5. The first-order valence-corrected chi connectivity index (χ1v) is 8.86. The third kappa shape index (κ3) is 4.11. The summed E-state index contributed by atoms with van der Waals surface area (Å²) >= 11 is 0. The Morgan fingerprint density at radius 3 is 2.67 bits per heavy atom. The fourth-order valence-corrected chi connectivity index (χ4v) is 3.16. The van der Waals surface area contributed by atoms with Crippen LogP contribution in [0.1, 0.15) is 38.7 Å². The van der Waals surface area contributed by atoms with Crippen LogP contribution in [0.15, 0.2) is 40.8 Å². The number of furan rings is 1. The van der Waals surface area contributed by atoms with Crippen LogP contribution >= 0.6 is 0 Å². The number of carbonyl (C=O) groups excluding carboxylic acids is 2. The summed E-state index contributed by atoms with van der Waals surface area (Å²) in [5.41, 5.74) is 3.04. The molecule has 0 aliphatic heterocycles. The van der Waals surface area contributed by atoms with E-state index in [-0.39, 0.29) is 18.2 Å². The molecule has 0 atom stereocenters. The van der Waals surface area contributed by atoms with Crippen molar-refractivity contribution in [1.29, 1.82) is 0 Å². The summed E-state index contributed by atoms with van der Waals surface area (Å²) in [5, 5.41) is 0.815. The number of hydrogen-bond donors (Lipinski definition) is 0. The number of nitrogens with zero attached hydrogens (tertiary/aromatic N) is 1. The van der Waals surface area contributed by atoms with Crippen molar-refractivity contribution < 1.29 is 23.5 Å². The number of Topliss-reactive ketones (excluding diaryl/α,β-unsaturated/α-hetero) is 1. The number of carbonyl (C=O) groups is 2. The molecule has 2 aromatic heterocycles. The number of para-hydroxylation sites is 1. The maximum Gasteiger partial charge on any atom is 0.374 e. The van der Waals surface area contributed by atoms with Gasteiger partial charge in [-0.05, 0) is 38.5 Å². The average molecular weight is 369 g/mol. The van der Waals surface area contributed by atoms with E-state index in [9.17, 15) is 9.59 Å². The van der Waals surface area contributed by atoms with Gasteiger partial charge >= 0.3 is 5.97 Å². The first-order valence-electron chi connectivity index (χ1n) is 8.86. The number of methoxy groups -OCH3 is 1. The maximum absolute atomic E-state index is 12.5. The summed E-state index contributed by atoms with van der Waals surface area (Å²) in [6.45, 7) is 4.97. The van der Waals surface area contributed by atoms with Crippen LogP contribution in [0.5, 0.6) is 0 Å². The van der Waals surface area contributed by atoms with Crippen LogP contribution in [0.25, 0.3) is 11.0 Å². The summed E-state index contributed by atoms with van der Waals surface area (Å²) in [6, 6.07) is 10.8. The molecule has 3 aromatic rings. The van der Waals surface area contributed by atoms with E-state index in [0.29, 0.717) is 17.8 Å². The highest BCUT2D eigenvalue weighted by Gasteiger charge is 2.19. The lowest BCUT2D eigenvalue weighted by Gasteiger charge is -2.09. The van der Waals surface area contributed by atoms with Gasteiger partial charge in [-0.25, -0.2) is 4.79 Å². The predicted molar refractivity (Wildman–Crippen MR) is 101 cm³/mol. The second-order valence-corrected chi connectivity index (χ2v) is 6.43. The van der Waals surface area contributed by atoms with E-state index in [0.717, 1.165) is 29.7 Å². The SMILES string of the molecule is COCCCn1c(C)cc(C(=O)COC(=O)c2cc3ccccc3o2)c1C. The first kappa shape index (κ1) is 18.9. The van der Waals surface area contributed by atoms with Crippen LogP contribution < -0.4 is 0 Å². The Kier molecular flexibility index (Phi) is 5.76. The second-order valence-electron chi connectivity index (χ2n) is 6.43. The molecule has 0 N–H and O–H groups in total. The van der Waals surface area contributed by atoms with Gasteiger partial charge in [0, 0.05) is 42.6 Å². The van der Waals surface area contributed by atoms with Gasteiger partial charge in [-0.15, -0.1) is 0 Å². The molecule has 142 valence electrons. The Morgan fingerprint density at radius 2 is 1.93 bits per heavy atom. The number of aromatic nitrogens is 1. The molecule has 0 radical (unpaired) electrons. The zero-order chi connectivity index (χ0) is 19.4. The number of ether oxygens (including phenoxy) is 2. The lowest BCUT2D eigenvalue weighted by Crippen LogP contribution is -2.15. The molecule has 0 bridgehead atoms. The zero-order valence-electron chi connectivity index (χ0n) is 15.8. The molecule has 2 heterocycles. The molecule has 0 fully saturated rings. The summed E-state index contributed by atoms with van der Waals surface area (Å²) in [5.74, 6) is -0.784. The zero-order valence-corrected chi connectivity index (χ0v) is 15.8. The molecule has 0 saturated carbocycles. The van der Waals surface area contributed by atoms with Gasteiger partial charge < -0.3 is 18.5 Å². The molecule has 0 saturated heterocycles. The smallest absolute Gasteiger partial charge is 0.374 e. The normalized spacial score (nSPS) is 11.1. The quantitative estimate of drug-likeness (QED) is 0.342. The van der Waals surface area contributed by atoms with E-state index in [2.05, 4.69) is 4.57 Å². The molecule has 0 aliphatic carbocycles. The predicted octanol–water partition coefficient (Wildman–Crippen LogP) is 3.93. The number of aryl methyl sites for hydroxylation is 1. The molecular formula is C21H23NO5. The van der Waals surface area contributed by atoms with E-state index in [4.69, 9.17) is 13.9 Å². The third-order valence-corrected chi connectivity index (χ3v) is 4.57. The second kappa shape index (κ2) is 8.22. The number of ketones is 1. The first-order chi connectivity index (χ1) is 13.0. The minimum absolute atomic E-state index is 0.0917. The minimum atomic E-state index is -0.645. The Bertz CT molecular complexity index is 933. The molecule has 0 spiro atoms. The number of benzene rings is 1. The van der Waals surface area contributed by atoms with Crippen LogP contribution in [-0.4, -0.2) is 36.6 Å². The molecule has 3 rings (SSSR count). The standard InChI is InChI=1S/C21H23NO5/c1-14-11-17(15(2)22(14)9-6-10-25-3)18(23)13-26-21(24)20-12-16-7-4-5-8-19(16)27-20/h4-5,7-8,11-12H,6,9-10,13H2,1-3H3. The summed E-state index contributed by atoms with van der Waals surface area (Å²) in [7, 11) is 1.67. The van der Waals surface area contributed by atoms with Gasteiger partial charge in [-0.1, -0.05) is 18.2 Å². The molecule has 6 heteroatoms. The van der Waals surface area contributed by atoms with E-state index >= 15 is 0 Å². The minimum Gasteiger partial charge on any atom is -0.451 e. The fourth-order valence-electron chi connectivity index (χ4n) is 3.16. The van der Waals surface area contributed by atoms with Crippen molar-refractivity contribution in [2.45, 2.75) is 26.8 Å². The van der Waals surface area contributed by atoms with Gasteiger partial charge in [-0.3, -0.25) is 4.79 Å². The molecule has 6 nitrogen and oxygen atoms in total. The van der Waals surface area contributed by atoms with Crippen molar-refractivity contribution in [1.82, 2.24) is 4.57 Å². The van der Waals surface area contributed by atoms with Crippen LogP contribution in [-0.2, 0) is 16.0 Å². The molecule has 0 aliphatic rings. The van der Waals surface area contributed by atoms with E-state index in [1.807, 2.05) is 38.1 Å². The van der Waals surface area contributed by atoms with Crippen LogP contribution in [0.4, 0.5) is 0 Å². The summed E-state index contributed by atoms with van der Waals surface area (Å²) in [4.78, 5) is 24.7. The van der Waals surface area contributed by atoms with Crippen molar-refractivity contribution in [2.75, 3.05) is 20.3 Å². The highest BCUT2D eigenvalue weighted by molar-refractivity contribution is 6.00. The van der Waals surface area contributed by atoms with Gasteiger partial charge in [0.25, 0.3) is 0 Å². The van der Waals surface area contributed by atoms with E-state index < -0.39 is 5.97 Å². The Labute approximate surface area is 157 Å². The van der Waals surface area contributed by atoms with Crippen molar-refractivity contribution in [3.05, 3.63) is 59.1 Å². The van der Waals surface area contributed by atoms with Gasteiger partial charge in [0.1, 0.15) is 5.58 Å². The topological polar surface area (TPSA) is 70.7 Å². The molecule has 0 amide bonds. The van der Waals surface area contributed by atoms with Crippen molar-refractivity contribution in [3.63, 3.8) is 0 Å². The van der Waals surface area contributed by atoms with Gasteiger partial charge in [0.15, 0.2) is 6.61 Å². The Balaban J connectivity index is 1.65. The summed E-state index contributed by atoms with van der Waals surface area (Å²) in [6.07, 6.45) is 0.863. The number of hydrogen-bond acceptors (Lipinski definition) is 5. The molecule has 1 aromatic carbocycles.